The number of ether oxygens (including phenoxy) is 2. The minimum atomic E-state index is -1.14. The highest BCUT2D eigenvalue weighted by Gasteiger charge is 2.55. The quantitative estimate of drug-likeness (QED) is 0.172. The van der Waals surface area contributed by atoms with Crippen LogP contribution in [-0.4, -0.2) is 78.3 Å². The molecule has 9 nitrogen and oxygen atoms in total. The Morgan fingerprint density at radius 2 is 2.02 bits per heavy atom. The maximum atomic E-state index is 13.7. The van der Waals surface area contributed by atoms with Gasteiger partial charge in [0.1, 0.15) is 18.5 Å². The summed E-state index contributed by atoms with van der Waals surface area (Å²) in [5.41, 5.74) is 1.01. The van der Waals surface area contributed by atoms with Gasteiger partial charge in [0.15, 0.2) is 11.5 Å². The number of fused-ring (bicyclic) bond motifs is 2. The standard InChI is InChI=1S/C32H43IN2O7/c1-5-6-7-28(38)35(17-20-8-9-22-16-23(20)32(22,2)3)25-14-21(31(40)34-10-11-36)15-26(29(25)39)42-30-24(33)12-19(18-37)13-27(30)41-4/h6-7,12-13,15,18,20,22-23,25-26,29,36,39H,5,8-11,14,16-17H2,1-4H3,(H,34,40). The van der Waals surface area contributed by atoms with Gasteiger partial charge in [-0.25, -0.2) is 0 Å². The number of nitrogens with one attached hydrogen (secondary N) is 1. The monoisotopic (exact) mass is 694 g/mol. The third-order valence-corrected chi connectivity index (χ3v) is 10.3. The minimum Gasteiger partial charge on any atom is -0.493 e. The van der Waals surface area contributed by atoms with E-state index in [9.17, 15) is 24.6 Å². The molecule has 42 heavy (non-hydrogen) atoms. The van der Waals surface area contributed by atoms with Crippen molar-refractivity contribution in [1.29, 1.82) is 0 Å². The summed E-state index contributed by atoms with van der Waals surface area (Å²) < 4.78 is 12.4. The number of aldehydes is 1. The predicted molar refractivity (Wildman–Crippen MR) is 167 cm³/mol. The highest BCUT2D eigenvalue weighted by atomic mass is 127. The molecule has 2 amide bonds. The SMILES string of the molecule is CCC=CC(=O)N(CC1CCC2CC1C2(C)C)C1CC(C(=O)NCCO)=CC(Oc2c(I)cc(C=O)cc2OC)C1O. The van der Waals surface area contributed by atoms with Crippen LogP contribution < -0.4 is 14.8 Å². The molecule has 3 fully saturated rings. The fourth-order valence-electron chi connectivity index (χ4n) is 6.97. The van der Waals surface area contributed by atoms with Gasteiger partial charge in [-0.15, -0.1) is 0 Å². The van der Waals surface area contributed by atoms with Crippen LogP contribution in [0, 0.1) is 26.7 Å². The number of aliphatic hydroxyl groups is 2. The molecule has 1 aromatic carbocycles. The number of hydrogen-bond donors (Lipinski definition) is 3. The van der Waals surface area contributed by atoms with Gasteiger partial charge in [0.2, 0.25) is 11.8 Å². The number of nitrogens with zero attached hydrogens (tertiary/aromatic N) is 1. The Kier molecular flexibility index (Phi) is 10.7. The van der Waals surface area contributed by atoms with Gasteiger partial charge < -0.3 is 29.9 Å². The third kappa shape index (κ3) is 6.70. The van der Waals surface area contributed by atoms with Gasteiger partial charge in [-0.3, -0.25) is 14.4 Å². The number of aliphatic hydroxyl groups excluding tert-OH is 2. The number of benzene rings is 1. The largest absolute Gasteiger partial charge is 0.493 e. The van der Waals surface area contributed by atoms with E-state index in [4.69, 9.17) is 9.47 Å². The molecule has 0 heterocycles. The summed E-state index contributed by atoms with van der Waals surface area (Å²) >= 11 is 2.04. The third-order valence-electron chi connectivity index (χ3n) is 9.47. The first kappa shape index (κ1) is 32.5. The molecule has 10 heteroatoms. The Hall–Kier alpha value is -2.44. The number of hydrogen-bond acceptors (Lipinski definition) is 7. The smallest absolute Gasteiger partial charge is 0.247 e. The molecule has 6 unspecified atom stereocenters. The molecule has 230 valence electrons. The zero-order chi connectivity index (χ0) is 30.6. The first-order valence-electron chi connectivity index (χ1n) is 14.8. The van der Waals surface area contributed by atoms with Crippen LogP contribution in [-0.2, 0) is 9.59 Å². The summed E-state index contributed by atoms with van der Waals surface area (Å²) in [5.74, 6) is 1.58. The molecule has 0 spiro atoms. The van der Waals surface area contributed by atoms with E-state index in [1.807, 2.05) is 35.6 Å². The molecule has 0 saturated heterocycles. The van der Waals surface area contributed by atoms with E-state index in [1.165, 1.54) is 7.11 Å². The van der Waals surface area contributed by atoms with Crippen molar-refractivity contribution >= 4 is 40.7 Å². The van der Waals surface area contributed by atoms with Gasteiger partial charge in [0.25, 0.3) is 0 Å². The molecule has 6 atom stereocenters. The van der Waals surface area contributed by atoms with Crippen LogP contribution in [0.1, 0.15) is 63.2 Å². The topological polar surface area (TPSA) is 125 Å². The van der Waals surface area contributed by atoms with Crippen molar-refractivity contribution in [2.75, 3.05) is 26.8 Å². The van der Waals surface area contributed by atoms with Crippen LogP contribution >= 0.6 is 22.6 Å². The van der Waals surface area contributed by atoms with E-state index in [2.05, 4.69) is 19.2 Å². The van der Waals surface area contributed by atoms with Crippen molar-refractivity contribution in [1.82, 2.24) is 10.2 Å². The maximum absolute atomic E-state index is 13.7. The van der Waals surface area contributed by atoms with Gasteiger partial charge in [0.05, 0.1) is 23.3 Å². The van der Waals surface area contributed by atoms with E-state index in [0.29, 0.717) is 63.2 Å². The summed E-state index contributed by atoms with van der Waals surface area (Å²) in [6.07, 6.45) is 7.71. The molecular formula is C32H43IN2O7. The van der Waals surface area contributed by atoms with Gasteiger partial charge in [0, 0.05) is 30.6 Å². The maximum Gasteiger partial charge on any atom is 0.247 e. The van der Waals surface area contributed by atoms with Gasteiger partial charge in [-0.05, 0) is 95.7 Å². The number of rotatable bonds is 12. The summed E-state index contributed by atoms with van der Waals surface area (Å²) in [4.78, 5) is 40.1. The fraction of sp³-hybridized carbons (Fsp3) is 0.594. The van der Waals surface area contributed by atoms with Crippen molar-refractivity contribution in [3.8, 4) is 11.5 Å². The van der Waals surface area contributed by atoms with Crippen molar-refractivity contribution in [2.45, 2.75) is 71.1 Å². The van der Waals surface area contributed by atoms with Crippen LogP contribution in [0.5, 0.6) is 11.5 Å². The van der Waals surface area contributed by atoms with Gasteiger partial charge >= 0.3 is 0 Å². The lowest BCUT2D eigenvalue weighted by Gasteiger charge is -2.61. The van der Waals surface area contributed by atoms with E-state index < -0.39 is 18.2 Å². The first-order valence-corrected chi connectivity index (χ1v) is 15.9. The van der Waals surface area contributed by atoms with Gasteiger partial charge in [-0.1, -0.05) is 26.8 Å². The molecule has 4 aliphatic rings. The Labute approximate surface area is 261 Å². The van der Waals surface area contributed by atoms with Gasteiger partial charge in [-0.2, -0.15) is 0 Å². The van der Waals surface area contributed by atoms with Crippen molar-refractivity contribution in [2.24, 2.45) is 23.2 Å². The zero-order valence-electron chi connectivity index (χ0n) is 24.8. The molecule has 0 aromatic heterocycles. The van der Waals surface area contributed by atoms with E-state index in [0.717, 1.165) is 19.3 Å². The lowest BCUT2D eigenvalue weighted by atomic mass is 9.45. The van der Waals surface area contributed by atoms with Crippen molar-refractivity contribution in [3.05, 3.63) is 45.1 Å². The Balaban J connectivity index is 1.70. The second kappa shape index (κ2) is 13.9. The predicted octanol–water partition coefficient (Wildman–Crippen LogP) is 3.89. The molecule has 4 aliphatic carbocycles. The Morgan fingerprint density at radius 1 is 1.26 bits per heavy atom. The second-order valence-corrected chi connectivity index (χ2v) is 13.3. The van der Waals surface area contributed by atoms with Crippen molar-refractivity contribution < 1.29 is 34.1 Å². The Morgan fingerprint density at radius 3 is 2.64 bits per heavy atom. The highest BCUT2D eigenvalue weighted by Crippen LogP contribution is 2.61. The fourth-order valence-corrected chi connectivity index (χ4v) is 7.73. The van der Waals surface area contributed by atoms with Crippen LogP contribution in [0.2, 0.25) is 0 Å². The number of allylic oxidation sites excluding steroid dienone is 1. The average molecular weight is 695 g/mol. The van der Waals surface area contributed by atoms with Crippen LogP contribution in [0.25, 0.3) is 0 Å². The summed E-state index contributed by atoms with van der Waals surface area (Å²) in [6, 6.07) is 2.49. The molecular weight excluding hydrogens is 651 g/mol. The molecule has 1 aromatic rings. The summed E-state index contributed by atoms with van der Waals surface area (Å²) in [5, 5.41) is 23.8. The minimum absolute atomic E-state index is 0.0790. The Bertz CT molecular complexity index is 1230. The lowest BCUT2D eigenvalue weighted by Crippen LogP contribution is -2.59. The summed E-state index contributed by atoms with van der Waals surface area (Å²) in [7, 11) is 1.47. The number of amides is 2. The highest BCUT2D eigenvalue weighted by molar-refractivity contribution is 14.1. The zero-order valence-corrected chi connectivity index (χ0v) is 27.0. The number of carbonyl (C=O) groups excluding carboxylic acids is 3. The number of methoxy groups -OCH3 is 1. The number of halogens is 1. The normalized spacial score (nSPS) is 27.9. The van der Waals surface area contributed by atoms with E-state index in [-0.39, 0.29) is 36.8 Å². The lowest BCUT2D eigenvalue weighted by molar-refractivity contribution is -0.143. The molecule has 3 saturated carbocycles. The number of carbonyl (C=O) groups is 3. The molecule has 2 bridgehead atoms. The van der Waals surface area contributed by atoms with E-state index >= 15 is 0 Å². The van der Waals surface area contributed by atoms with Crippen LogP contribution in [0.15, 0.2) is 35.9 Å². The molecule has 5 rings (SSSR count). The van der Waals surface area contributed by atoms with Crippen molar-refractivity contribution in [3.63, 3.8) is 0 Å². The van der Waals surface area contributed by atoms with E-state index in [1.54, 1.807) is 29.2 Å². The van der Waals surface area contributed by atoms with Crippen LogP contribution in [0.4, 0.5) is 0 Å². The summed E-state index contributed by atoms with van der Waals surface area (Å²) in [6.45, 7) is 6.95. The first-order chi connectivity index (χ1) is 20.0. The molecule has 0 radical (unpaired) electrons. The average Bonchev–Trinajstić information content (AvgIpc) is 2.99. The van der Waals surface area contributed by atoms with Crippen LogP contribution in [0.3, 0.4) is 0 Å². The second-order valence-electron chi connectivity index (χ2n) is 12.2. The molecule has 3 N–H and O–H groups in total. The molecule has 0 aliphatic heterocycles.